The minimum Gasteiger partial charge on any atom is -0.357 e. The molecule has 0 saturated carbocycles. The minimum atomic E-state index is -0.0365. The third-order valence-corrected chi connectivity index (χ3v) is 4.33. The largest absolute Gasteiger partial charge is 0.357 e. The minimum absolute atomic E-state index is 0.0365. The average Bonchev–Trinajstić information content (AvgIpc) is 3.09. The summed E-state index contributed by atoms with van der Waals surface area (Å²) >= 11 is 0. The molecule has 0 radical (unpaired) electrons. The van der Waals surface area contributed by atoms with E-state index in [1.807, 2.05) is 55.9 Å². The number of hydrogen-bond donors (Lipinski definition) is 3. The molecule has 0 spiro atoms. The summed E-state index contributed by atoms with van der Waals surface area (Å²) in [5, 5.41) is 13.7. The Balaban J connectivity index is 1.94. The molecule has 0 aliphatic heterocycles. The van der Waals surface area contributed by atoms with E-state index in [4.69, 9.17) is 0 Å². The fraction of sp³-hybridized carbons (Fsp3) is 0.450. The first-order chi connectivity index (χ1) is 13.0. The molecule has 2 aromatic rings. The normalized spacial score (nSPS) is 12.5. The molecule has 0 bridgehead atoms. The molecule has 2 rings (SSSR count). The number of hydrogen-bond acceptors (Lipinski definition) is 3. The van der Waals surface area contributed by atoms with Crippen molar-refractivity contribution in [2.24, 2.45) is 12.0 Å². The second kappa shape index (κ2) is 10.4. The van der Waals surface area contributed by atoms with Crippen LogP contribution in [0.3, 0.4) is 0 Å². The summed E-state index contributed by atoms with van der Waals surface area (Å²) in [6.45, 7) is 8.06. The van der Waals surface area contributed by atoms with Gasteiger partial charge in [-0.25, -0.2) is 4.99 Å². The van der Waals surface area contributed by atoms with Crippen LogP contribution >= 0.6 is 0 Å². The van der Waals surface area contributed by atoms with Crippen molar-refractivity contribution in [1.82, 2.24) is 25.7 Å². The van der Waals surface area contributed by atoms with Crippen LogP contribution in [-0.2, 0) is 20.1 Å². The highest BCUT2D eigenvalue weighted by atomic mass is 16.1. The van der Waals surface area contributed by atoms with E-state index in [1.165, 1.54) is 0 Å². The highest BCUT2D eigenvalue weighted by Gasteiger charge is 2.08. The molecule has 3 N–H and O–H groups in total. The van der Waals surface area contributed by atoms with E-state index in [0.29, 0.717) is 18.7 Å². The van der Waals surface area contributed by atoms with E-state index < -0.39 is 0 Å². The number of carbonyl (C=O) groups excluding carboxylic acids is 1. The average molecular weight is 371 g/mol. The third kappa shape index (κ3) is 6.44. The van der Waals surface area contributed by atoms with Crippen LogP contribution in [0.4, 0.5) is 0 Å². The maximum Gasteiger partial charge on any atom is 0.251 e. The number of carbonyl (C=O) groups is 1. The van der Waals surface area contributed by atoms with Gasteiger partial charge in [-0.1, -0.05) is 19.1 Å². The van der Waals surface area contributed by atoms with Crippen LogP contribution in [0.2, 0.25) is 0 Å². The van der Waals surface area contributed by atoms with Crippen LogP contribution in [-0.4, -0.2) is 34.2 Å². The lowest BCUT2D eigenvalue weighted by Gasteiger charge is -2.12. The second-order valence-electron chi connectivity index (χ2n) is 6.47. The highest BCUT2D eigenvalue weighted by molar-refractivity contribution is 5.94. The molecule has 0 aliphatic carbocycles. The van der Waals surface area contributed by atoms with Gasteiger partial charge in [0, 0.05) is 31.4 Å². The number of aromatic nitrogens is 2. The van der Waals surface area contributed by atoms with Crippen LogP contribution in [0.1, 0.15) is 48.8 Å². The van der Waals surface area contributed by atoms with Crippen LogP contribution in [0.5, 0.6) is 0 Å². The summed E-state index contributed by atoms with van der Waals surface area (Å²) in [7, 11) is 1.92. The van der Waals surface area contributed by atoms with Crippen LogP contribution in [0.25, 0.3) is 0 Å². The zero-order chi connectivity index (χ0) is 19.6. The summed E-state index contributed by atoms with van der Waals surface area (Å²) in [5.41, 5.74) is 2.80. The monoisotopic (exact) mass is 370 g/mol. The first-order valence-corrected chi connectivity index (χ1v) is 9.42. The van der Waals surface area contributed by atoms with Gasteiger partial charge < -0.3 is 16.0 Å². The second-order valence-corrected chi connectivity index (χ2v) is 6.47. The molecule has 7 heteroatoms. The predicted molar refractivity (Wildman–Crippen MR) is 109 cm³/mol. The number of nitrogens with one attached hydrogen (secondary N) is 3. The molecule has 0 aliphatic rings. The van der Waals surface area contributed by atoms with Gasteiger partial charge in [0.1, 0.15) is 0 Å². The highest BCUT2D eigenvalue weighted by Crippen LogP contribution is 2.07. The SMILES string of the molecule is CCNC(=NCc1ccc(C(=O)NC(C)CC)cc1)NCc1ccnn1C. The number of aryl methyl sites for hydroxylation is 1. The van der Waals surface area contributed by atoms with Gasteiger partial charge in [0.05, 0.1) is 18.8 Å². The van der Waals surface area contributed by atoms with Crippen molar-refractivity contribution in [3.63, 3.8) is 0 Å². The molecule has 146 valence electrons. The third-order valence-electron chi connectivity index (χ3n) is 4.33. The molecule has 0 saturated heterocycles. The van der Waals surface area contributed by atoms with Crippen molar-refractivity contribution in [3.8, 4) is 0 Å². The summed E-state index contributed by atoms with van der Waals surface area (Å²) in [6.07, 6.45) is 2.69. The Bertz CT molecular complexity index is 750. The molecule has 1 aromatic heterocycles. The van der Waals surface area contributed by atoms with Gasteiger partial charge in [-0.3, -0.25) is 9.48 Å². The van der Waals surface area contributed by atoms with E-state index in [9.17, 15) is 4.79 Å². The van der Waals surface area contributed by atoms with Crippen molar-refractivity contribution < 1.29 is 4.79 Å². The Labute approximate surface area is 161 Å². The molecule has 1 aromatic carbocycles. The van der Waals surface area contributed by atoms with Gasteiger partial charge in [0.25, 0.3) is 5.91 Å². The number of benzene rings is 1. The molecule has 27 heavy (non-hydrogen) atoms. The predicted octanol–water partition coefficient (Wildman–Crippen LogP) is 2.20. The van der Waals surface area contributed by atoms with Gasteiger partial charge >= 0.3 is 0 Å². The maximum atomic E-state index is 12.1. The topological polar surface area (TPSA) is 83.3 Å². The van der Waals surface area contributed by atoms with Crippen LogP contribution in [0.15, 0.2) is 41.5 Å². The number of guanidine groups is 1. The molecule has 1 heterocycles. The maximum absolute atomic E-state index is 12.1. The summed E-state index contributed by atoms with van der Waals surface area (Å²) in [4.78, 5) is 16.7. The molecule has 7 nitrogen and oxygen atoms in total. The Hall–Kier alpha value is -2.83. The number of rotatable bonds is 8. The summed E-state index contributed by atoms with van der Waals surface area (Å²) < 4.78 is 1.83. The number of aliphatic imine (C=N–C) groups is 1. The van der Waals surface area contributed by atoms with Crippen molar-refractivity contribution in [2.75, 3.05) is 6.54 Å². The first kappa shape index (κ1) is 20.5. The van der Waals surface area contributed by atoms with E-state index in [-0.39, 0.29) is 11.9 Å². The van der Waals surface area contributed by atoms with Gasteiger partial charge in [-0.15, -0.1) is 0 Å². The zero-order valence-electron chi connectivity index (χ0n) is 16.6. The first-order valence-electron chi connectivity index (χ1n) is 9.42. The lowest BCUT2D eigenvalue weighted by atomic mass is 10.1. The van der Waals surface area contributed by atoms with Crippen LogP contribution < -0.4 is 16.0 Å². The molecule has 0 fully saturated rings. The molecule has 1 amide bonds. The van der Waals surface area contributed by atoms with Gasteiger partial charge in [-0.2, -0.15) is 5.10 Å². The Morgan fingerprint density at radius 3 is 2.52 bits per heavy atom. The fourth-order valence-electron chi connectivity index (χ4n) is 2.43. The van der Waals surface area contributed by atoms with Crippen molar-refractivity contribution >= 4 is 11.9 Å². The molecule has 1 atom stereocenters. The molecular formula is C20H30N6O. The van der Waals surface area contributed by atoms with Gasteiger partial charge in [0.2, 0.25) is 0 Å². The lowest BCUT2D eigenvalue weighted by molar-refractivity contribution is 0.0939. The van der Waals surface area contributed by atoms with Crippen LogP contribution in [0, 0.1) is 0 Å². The van der Waals surface area contributed by atoms with Crippen molar-refractivity contribution in [2.45, 2.75) is 46.3 Å². The number of amides is 1. The fourth-order valence-corrected chi connectivity index (χ4v) is 2.43. The Morgan fingerprint density at radius 2 is 1.93 bits per heavy atom. The lowest BCUT2D eigenvalue weighted by Crippen LogP contribution is -2.37. The summed E-state index contributed by atoms with van der Waals surface area (Å²) in [5.74, 6) is 0.711. The zero-order valence-corrected chi connectivity index (χ0v) is 16.6. The van der Waals surface area contributed by atoms with Crippen molar-refractivity contribution in [1.29, 1.82) is 0 Å². The quantitative estimate of drug-likeness (QED) is 0.491. The molecule has 1 unspecified atom stereocenters. The van der Waals surface area contributed by atoms with Crippen molar-refractivity contribution in [3.05, 3.63) is 53.3 Å². The standard InChI is InChI=1S/C20H30N6O/c1-5-15(3)25-19(27)17-9-7-16(8-10-17)13-22-20(21-6-2)23-14-18-11-12-24-26(18)4/h7-12,15H,5-6,13-14H2,1-4H3,(H,25,27)(H2,21,22,23). The number of nitrogens with zero attached hydrogens (tertiary/aromatic N) is 3. The van der Waals surface area contributed by atoms with E-state index >= 15 is 0 Å². The van der Waals surface area contributed by atoms with E-state index in [1.54, 1.807) is 6.20 Å². The van der Waals surface area contributed by atoms with Gasteiger partial charge in [-0.05, 0) is 44.0 Å². The van der Waals surface area contributed by atoms with E-state index in [2.05, 4.69) is 33.0 Å². The van der Waals surface area contributed by atoms with Gasteiger partial charge in [0.15, 0.2) is 5.96 Å². The summed E-state index contributed by atoms with van der Waals surface area (Å²) in [6, 6.07) is 9.73. The Morgan fingerprint density at radius 1 is 1.19 bits per heavy atom. The van der Waals surface area contributed by atoms with E-state index in [0.717, 1.165) is 30.2 Å². The smallest absolute Gasteiger partial charge is 0.251 e. The molecular weight excluding hydrogens is 340 g/mol. The Kier molecular flexibility index (Phi) is 7.85.